The van der Waals surface area contributed by atoms with Gasteiger partial charge in [-0.15, -0.1) is 0 Å². The Morgan fingerprint density at radius 1 is 1.27 bits per heavy atom. The summed E-state index contributed by atoms with van der Waals surface area (Å²) in [6.45, 7) is 2.09. The van der Waals surface area contributed by atoms with Crippen molar-refractivity contribution in [2.75, 3.05) is 7.11 Å². The quantitative estimate of drug-likeness (QED) is 0.793. The van der Waals surface area contributed by atoms with Crippen LogP contribution in [0.4, 0.5) is 0 Å². The molecule has 1 aromatic carbocycles. The third kappa shape index (κ3) is 2.71. The molecular formula is C12H13NOSe. The van der Waals surface area contributed by atoms with Crippen molar-refractivity contribution >= 4 is 14.5 Å². The zero-order valence-corrected chi connectivity index (χ0v) is 10.6. The zero-order chi connectivity index (χ0) is 10.7. The summed E-state index contributed by atoms with van der Waals surface area (Å²) in [7, 11) is 1.69. The summed E-state index contributed by atoms with van der Waals surface area (Å²) >= 11 is 0.488. The first-order valence-electron chi connectivity index (χ1n) is 4.82. The molecule has 0 aliphatic carbocycles. The molecule has 2 rings (SSSR count). The minimum atomic E-state index is 0.488. The number of nitrogens with zero attached hydrogens (tertiary/aromatic N) is 1. The van der Waals surface area contributed by atoms with Crippen molar-refractivity contribution < 1.29 is 4.74 Å². The molecule has 0 fully saturated rings. The fraction of sp³-hybridized carbons (Fsp3) is 0.250. The summed E-state index contributed by atoms with van der Waals surface area (Å²) < 4.78 is 6.39. The van der Waals surface area contributed by atoms with E-state index in [1.807, 2.05) is 12.1 Å². The Labute approximate surface area is 95.7 Å². The number of aryl methyl sites for hydroxylation is 1. The molecule has 0 N–H and O–H groups in total. The van der Waals surface area contributed by atoms with Gasteiger partial charge in [-0.3, -0.25) is 0 Å². The first-order chi connectivity index (χ1) is 7.28. The molecule has 0 amide bonds. The van der Waals surface area contributed by atoms with E-state index in [2.05, 4.69) is 29.0 Å². The van der Waals surface area contributed by atoms with Crippen LogP contribution in [0.25, 0.3) is 0 Å². The van der Waals surface area contributed by atoms with Crippen molar-refractivity contribution in [1.29, 1.82) is 0 Å². The predicted molar refractivity (Wildman–Crippen MR) is 61.7 cm³/mol. The molecule has 0 saturated carbocycles. The number of ether oxygens (including phenoxy) is 1. The summed E-state index contributed by atoms with van der Waals surface area (Å²) in [6.07, 6.45) is 0.934. The summed E-state index contributed by atoms with van der Waals surface area (Å²) in [6, 6.07) is 8.17. The van der Waals surface area contributed by atoms with Gasteiger partial charge in [0.1, 0.15) is 0 Å². The third-order valence-corrected chi connectivity index (χ3v) is 3.94. The van der Waals surface area contributed by atoms with Crippen LogP contribution in [0.15, 0.2) is 29.2 Å². The summed E-state index contributed by atoms with van der Waals surface area (Å²) in [5, 5.41) is 0. The predicted octanol–water partition coefficient (Wildman–Crippen LogP) is 2.05. The molecule has 1 aromatic heterocycles. The van der Waals surface area contributed by atoms with Gasteiger partial charge in [-0.05, 0) is 0 Å². The van der Waals surface area contributed by atoms with Crippen LogP contribution in [0, 0.1) is 6.92 Å². The molecule has 3 heteroatoms. The maximum atomic E-state index is 5.12. The molecule has 0 saturated heterocycles. The molecule has 2 nitrogen and oxygen atoms in total. The monoisotopic (exact) mass is 267 g/mol. The van der Waals surface area contributed by atoms with Gasteiger partial charge in [0.25, 0.3) is 0 Å². The Morgan fingerprint density at radius 2 is 2.00 bits per heavy atom. The minimum absolute atomic E-state index is 0.488. The third-order valence-electron chi connectivity index (χ3n) is 2.21. The van der Waals surface area contributed by atoms with E-state index < -0.39 is 0 Å². The molecule has 0 spiro atoms. The topological polar surface area (TPSA) is 22.1 Å². The number of rotatable bonds is 3. The number of hydrogen-bond acceptors (Lipinski definition) is 2. The van der Waals surface area contributed by atoms with Crippen LogP contribution in [-0.4, -0.2) is 26.6 Å². The van der Waals surface area contributed by atoms with Crippen LogP contribution in [0.2, 0.25) is 0 Å². The van der Waals surface area contributed by atoms with E-state index in [4.69, 9.17) is 4.74 Å². The fourth-order valence-corrected chi connectivity index (χ4v) is 2.73. The normalized spacial score (nSPS) is 10.3. The van der Waals surface area contributed by atoms with Gasteiger partial charge in [-0.25, -0.2) is 0 Å². The molecule has 0 atom stereocenters. The number of aromatic nitrogens is 1. The second kappa shape index (κ2) is 4.65. The summed E-state index contributed by atoms with van der Waals surface area (Å²) in [5.41, 5.74) is 2.49. The molecule has 2 aromatic rings. The van der Waals surface area contributed by atoms with Gasteiger partial charge < -0.3 is 0 Å². The van der Waals surface area contributed by atoms with E-state index in [0.29, 0.717) is 14.5 Å². The van der Waals surface area contributed by atoms with Gasteiger partial charge in [-0.2, -0.15) is 0 Å². The number of methoxy groups -OCH3 is 1. The second-order valence-electron chi connectivity index (χ2n) is 3.38. The molecule has 0 aliphatic rings. The Hall–Kier alpha value is -1.05. The van der Waals surface area contributed by atoms with Crippen molar-refractivity contribution in [3.05, 3.63) is 45.0 Å². The van der Waals surface area contributed by atoms with Crippen molar-refractivity contribution in [2.24, 2.45) is 0 Å². The van der Waals surface area contributed by atoms with Crippen LogP contribution < -0.4 is 4.74 Å². The van der Waals surface area contributed by atoms with Crippen molar-refractivity contribution in [3.63, 3.8) is 0 Å². The standard InChI is InChI=1S/C12H13NOSe/c1-9-13-11(8-15-9)7-10-3-5-12(14-2)6-4-10/h3-6,8H,7H2,1-2H3. The zero-order valence-electron chi connectivity index (χ0n) is 8.86. The van der Waals surface area contributed by atoms with Gasteiger partial charge in [-0.1, -0.05) is 0 Å². The molecule has 15 heavy (non-hydrogen) atoms. The second-order valence-corrected chi connectivity index (χ2v) is 5.61. The maximum absolute atomic E-state index is 5.12. The van der Waals surface area contributed by atoms with E-state index in [1.54, 1.807) is 7.11 Å². The average Bonchev–Trinajstić information content (AvgIpc) is 2.65. The summed E-state index contributed by atoms with van der Waals surface area (Å²) in [5.74, 6) is 0.906. The first kappa shape index (κ1) is 10.5. The SMILES string of the molecule is COc1ccc(Cc2c[se]c(C)n2)cc1. The van der Waals surface area contributed by atoms with Crippen LogP contribution in [0.3, 0.4) is 0 Å². The van der Waals surface area contributed by atoms with Gasteiger partial charge in [0.2, 0.25) is 0 Å². The fourth-order valence-electron chi connectivity index (χ4n) is 1.44. The molecule has 0 unspecified atom stereocenters. The Balaban J connectivity index is 2.11. The summed E-state index contributed by atoms with van der Waals surface area (Å²) in [4.78, 5) is 6.76. The van der Waals surface area contributed by atoms with Crippen LogP contribution in [-0.2, 0) is 6.42 Å². The molecule has 78 valence electrons. The Morgan fingerprint density at radius 3 is 2.53 bits per heavy atom. The molecular weight excluding hydrogens is 253 g/mol. The molecule has 1 heterocycles. The van der Waals surface area contributed by atoms with Gasteiger partial charge >= 0.3 is 95.5 Å². The van der Waals surface area contributed by atoms with Gasteiger partial charge in [0.15, 0.2) is 0 Å². The number of hydrogen-bond donors (Lipinski definition) is 0. The molecule has 0 radical (unpaired) electrons. The van der Waals surface area contributed by atoms with Gasteiger partial charge in [0, 0.05) is 0 Å². The van der Waals surface area contributed by atoms with Crippen LogP contribution in [0.1, 0.15) is 15.8 Å². The Kier molecular flexibility index (Phi) is 3.24. The van der Waals surface area contributed by atoms with Crippen molar-refractivity contribution in [1.82, 2.24) is 4.98 Å². The van der Waals surface area contributed by atoms with E-state index in [9.17, 15) is 0 Å². The molecule has 0 aliphatic heterocycles. The van der Waals surface area contributed by atoms with E-state index in [1.165, 1.54) is 15.8 Å². The van der Waals surface area contributed by atoms with E-state index in [-0.39, 0.29) is 0 Å². The average molecular weight is 266 g/mol. The van der Waals surface area contributed by atoms with Crippen LogP contribution >= 0.6 is 0 Å². The van der Waals surface area contributed by atoms with Crippen molar-refractivity contribution in [3.8, 4) is 5.75 Å². The van der Waals surface area contributed by atoms with Crippen molar-refractivity contribution in [2.45, 2.75) is 13.3 Å². The first-order valence-corrected chi connectivity index (χ1v) is 6.66. The Bertz CT molecular complexity index is 433. The van der Waals surface area contributed by atoms with Crippen LogP contribution in [0.5, 0.6) is 5.75 Å². The van der Waals surface area contributed by atoms with E-state index >= 15 is 0 Å². The van der Waals surface area contributed by atoms with Gasteiger partial charge in [0.05, 0.1) is 0 Å². The number of benzene rings is 1. The molecule has 0 bridgehead atoms. The van der Waals surface area contributed by atoms with E-state index in [0.717, 1.165) is 12.2 Å².